The van der Waals surface area contributed by atoms with Crippen LogP contribution in [-0.2, 0) is 17.0 Å². The van der Waals surface area contributed by atoms with Gasteiger partial charge in [0.05, 0.1) is 0 Å². The van der Waals surface area contributed by atoms with E-state index in [1.54, 1.807) is 12.1 Å². The van der Waals surface area contributed by atoms with Crippen LogP contribution in [0, 0.1) is 20.8 Å². The Balaban J connectivity index is 2.29. The fourth-order valence-corrected chi connectivity index (χ4v) is 2.50. The van der Waals surface area contributed by atoms with Crippen LogP contribution in [0.1, 0.15) is 34.7 Å². The first-order valence-corrected chi connectivity index (χ1v) is 7.54. The molecule has 2 aromatic carbocycles. The zero-order chi connectivity index (χ0) is 17.2. The molecule has 1 atom stereocenters. The monoisotopic (exact) mass is 313 g/mol. The third kappa shape index (κ3) is 3.54. The normalized spacial score (nSPS) is 13.4. The number of benzene rings is 2. The Bertz CT molecular complexity index is 735. The summed E-state index contributed by atoms with van der Waals surface area (Å²) in [5, 5.41) is 10.3. The second-order valence-corrected chi connectivity index (χ2v) is 6.08. The van der Waals surface area contributed by atoms with Crippen molar-refractivity contribution in [1.82, 2.24) is 0 Å². The van der Waals surface area contributed by atoms with Gasteiger partial charge in [-0.1, -0.05) is 30.3 Å². The van der Waals surface area contributed by atoms with E-state index in [1.807, 2.05) is 32.0 Å². The molecular weight excluding hydrogens is 290 g/mol. The Morgan fingerprint density at radius 2 is 1.74 bits per heavy atom. The van der Waals surface area contributed by atoms with E-state index in [9.17, 15) is 9.90 Å². The van der Waals surface area contributed by atoms with Gasteiger partial charge in [-0.05, 0) is 61.6 Å². The van der Waals surface area contributed by atoms with Gasteiger partial charge in [0.1, 0.15) is 12.4 Å². The molecule has 2 rings (SSSR count). The lowest BCUT2D eigenvalue weighted by molar-refractivity contribution is -0.135. The van der Waals surface area contributed by atoms with Crippen molar-refractivity contribution in [3.63, 3.8) is 0 Å². The van der Waals surface area contributed by atoms with E-state index >= 15 is 0 Å². The van der Waals surface area contributed by atoms with Crippen molar-refractivity contribution in [3.05, 3.63) is 64.2 Å². The molecular formula is C19H23NO3. The van der Waals surface area contributed by atoms with Crippen LogP contribution in [-0.4, -0.2) is 11.0 Å². The number of hydrogen-bond donors (Lipinski definition) is 2. The Kier molecular flexibility index (Phi) is 4.76. The third-order valence-electron chi connectivity index (χ3n) is 4.20. The van der Waals surface area contributed by atoms with E-state index in [4.69, 9.17) is 10.5 Å². The Hall–Kier alpha value is -2.33. The highest BCUT2D eigenvalue weighted by Gasteiger charge is 2.32. The lowest BCUT2D eigenvalue weighted by atomic mass is 9.91. The minimum atomic E-state index is -1.72. The number of ether oxygens (including phenoxy) is 1. The molecule has 1 amide bonds. The van der Waals surface area contributed by atoms with Crippen molar-refractivity contribution in [1.29, 1.82) is 0 Å². The van der Waals surface area contributed by atoms with Crippen LogP contribution in [0.15, 0.2) is 36.4 Å². The van der Waals surface area contributed by atoms with Crippen LogP contribution in [0.5, 0.6) is 5.75 Å². The first-order chi connectivity index (χ1) is 10.7. The van der Waals surface area contributed by atoms with E-state index < -0.39 is 11.5 Å². The Morgan fingerprint density at radius 1 is 1.13 bits per heavy atom. The molecule has 0 fully saturated rings. The van der Waals surface area contributed by atoms with Crippen molar-refractivity contribution in [2.24, 2.45) is 5.73 Å². The fourth-order valence-electron chi connectivity index (χ4n) is 2.50. The van der Waals surface area contributed by atoms with E-state index in [2.05, 4.69) is 13.0 Å². The maximum absolute atomic E-state index is 11.5. The van der Waals surface area contributed by atoms with Crippen molar-refractivity contribution >= 4 is 5.91 Å². The fraction of sp³-hybridized carbons (Fsp3) is 0.316. The number of rotatable bonds is 5. The summed E-state index contributed by atoms with van der Waals surface area (Å²) in [6.07, 6.45) is 0. The molecule has 122 valence electrons. The summed E-state index contributed by atoms with van der Waals surface area (Å²) in [4.78, 5) is 11.5. The van der Waals surface area contributed by atoms with E-state index in [1.165, 1.54) is 12.5 Å². The predicted octanol–water partition coefficient (Wildman–Crippen LogP) is 2.88. The summed E-state index contributed by atoms with van der Waals surface area (Å²) in [5.41, 5.74) is 8.20. The summed E-state index contributed by atoms with van der Waals surface area (Å²) < 4.78 is 5.91. The number of carbonyl (C=O) groups excluding carboxylic acids is 1. The summed E-state index contributed by atoms with van der Waals surface area (Å²) in [6, 6.07) is 11.2. The van der Waals surface area contributed by atoms with Crippen molar-refractivity contribution in [3.8, 4) is 5.75 Å². The van der Waals surface area contributed by atoms with Crippen LogP contribution in [0.4, 0.5) is 0 Å². The summed E-state index contributed by atoms with van der Waals surface area (Å²) in [6.45, 7) is 7.74. The average molecular weight is 313 g/mol. The van der Waals surface area contributed by atoms with Gasteiger partial charge in [-0.25, -0.2) is 0 Å². The molecule has 0 heterocycles. The SMILES string of the molecule is Cc1cc(C)c(OCc2ccccc2C(C)(O)C(N)=O)cc1C. The second-order valence-electron chi connectivity index (χ2n) is 6.08. The molecule has 0 saturated carbocycles. The van der Waals surface area contributed by atoms with Crippen molar-refractivity contribution in [2.45, 2.75) is 39.9 Å². The minimum Gasteiger partial charge on any atom is -0.489 e. The van der Waals surface area contributed by atoms with Crippen LogP contribution >= 0.6 is 0 Å². The van der Waals surface area contributed by atoms with Gasteiger partial charge in [0, 0.05) is 0 Å². The zero-order valence-corrected chi connectivity index (χ0v) is 14.0. The standard InChI is InChI=1S/C19H23NO3/c1-12-9-14(3)17(10-13(12)2)23-11-15-7-5-6-8-16(15)19(4,22)18(20)21/h5-10,22H,11H2,1-4H3,(H2,20,21). The van der Waals surface area contributed by atoms with Gasteiger partial charge in [-0.3, -0.25) is 4.79 Å². The van der Waals surface area contributed by atoms with Crippen LogP contribution in [0.2, 0.25) is 0 Å². The van der Waals surface area contributed by atoms with Gasteiger partial charge in [0.2, 0.25) is 0 Å². The largest absolute Gasteiger partial charge is 0.489 e. The molecule has 1 unspecified atom stereocenters. The van der Waals surface area contributed by atoms with Crippen LogP contribution < -0.4 is 10.5 Å². The highest BCUT2D eigenvalue weighted by molar-refractivity contribution is 5.84. The second kappa shape index (κ2) is 6.42. The molecule has 4 nitrogen and oxygen atoms in total. The van der Waals surface area contributed by atoms with Gasteiger partial charge in [0.15, 0.2) is 5.60 Å². The highest BCUT2D eigenvalue weighted by atomic mass is 16.5. The van der Waals surface area contributed by atoms with Gasteiger partial charge >= 0.3 is 0 Å². The van der Waals surface area contributed by atoms with E-state index in [0.29, 0.717) is 5.56 Å². The molecule has 0 aliphatic heterocycles. The average Bonchev–Trinajstić information content (AvgIpc) is 2.49. The van der Waals surface area contributed by atoms with E-state index in [0.717, 1.165) is 22.4 Å². The summed E-state index contributed by atoms with van der Waals surface area (Å²) in [5.74, 6) is 0.00827. The molecule has 0 saturated heterocycles. The number of nitrogens with two attached hydrogens (primary N) is 1. The number of aliphatic hydroxyl groups is 1. The van der Waals surface area contributed by atoms with Crippen LogP contribution in [0.25, 0.3) is 0 Å². The summed E-state index contributed by atoms with van der Waals surface area (Å²) in [7, 11) is 0. The minimum absolute atomic E-state index is 0.253. The van der Waals surface area contributed by atoms with Gasteiger partial charge in [-0.2, -0.15) is 0 Å². The van der Waals surface area contributed by atoms with E-state index in [-0.39, 0.29) is 6.61 Å². The van der Waals surface area contributed by atoms with Crippen LogP contribution in [0.3, 0.4) is 0 Å². The molecule has 23 heavy (non-hydrogen) atoms. The maximum atomic E-state index is 11.5. The lowest BCUT2D eigenvalue weighted by Gasteiger charge is -2.23. The number of hydrogen-bond acceptors (Lipinski definition) is 3. The van der Waals surface area contributed by atoms with Gasteiger partial charge in [0.25, 0.3) is 5.91 Å². The smallest absolute Gasteiger partial charge is 0.253 e. The Morgan fingerprint density at radius 3 is 2.39 bits per heavy atom. The summed E-state index contributed by atoms with van der Waals surface area (Å²) >= 11 is 0. The Labute approximate surface area is 136 Å². The predicted molar refractivity (Wildman–Crippen MR) is 90.2 cm³/mol. The number of amides is 1. The third-order valence-corrected chi connectivity index (χ3v) is 4.20. The number of aryl methyl sites for hydroxylation is 3. The lowest BCUT2D eigenvalue weighted by Crippen LogP contribution is -2.39. The number of carbonyl (C=O) groups is 1. The van der Waals surface area contributed by atoms with Crippen molar-refractivity contribution in [2.75, 3.05) is 0 Å². The maximum Gasteiger partial charge on any atom is 0.253 e. The molecule has 0 bridgehead atoms. The molecule has 0 aliphatic carbocycles. The molecule has 2 aromatic rings. The molecule has 3 N–H and O–H groups in total. The highest BCUT2D eigenvalue weighted by Crippen LogP contribution is 2.27. The van der Waals surface area contributed by atoms with Gasteiger partial charge in [-0.15, -0.1) is 0 Å². The quantitative estimate of drug-likeness (QED) is 0.891. The van der Waals surface area contributed by atoms with Gasteiger partial charge < -0.3 is 15.6 Å². The first-order valence-electron chi connectivity index (χ1n) is 7.54. The molecule has 0 radical (unpaired) electrons. The molecule has 0 spiro atoms. The molecule has 0 aromatic heterocycles. The van der Waals surface area contributed by atoms with Crippen molar-refractivity contribution < 1.29 is 14.6 Å². The number of primary amides is 1. The zero-order valence-electron chi connectivity index (χ0n) is 14.0. The topological polar surface area (TPSA) is 72.6 Å². The first kappa shape index (κ1) is 17.0. The molecule has 4 heteroatoms. The molecule has 0 aliphatic rings.